The average Bonchev–Trinajstić information content (AvgIpc) is 3.01. The summed E-state index contributed by atoms with van der Waals surface area (Å²) in [5, 5.41) is 2.97. The standard InChI is InChI=1S/C11H15FN2O/c1-13-5-9-4-10(12)6-14-11(9)15-7-8-2-3-8/h4,6,8,13H,2-3,5,7H2,1H3. The summed E-state index contributed by atoms with van der Waals surface area (Å²) >= 11 is 0. The van der Waals surface area contributed by atoms with Crippen LogP contribution >= 0.6 is 0 Å². The lowest BCUT2D eigenvalue weighted by Gasteiger charge is -2.09. The number of ether oxygens (including phenoxy) is 1. The van der Waals surface area contributed by atoms with Gasteiger partial charge in [-0.25, -0.2) is 9.37 Å². The van der Waals surface area contributed by atoms with E-state index < -0.39 is 0 Å². The predicted molar refractivity (Wildman–Crippen MR) is 55.2 cm³/mol. The highest BCUT2D eigenvalue weighted by Crippen LogP contribution is 2.29. The summed E-state index contributed by atoms with van der Waals surface area (Å²) in [6, 6.07) is 1.46. The molecule has 0 amide bonds. The molecule has 0 saturated heterocycles. The second-order valence-corrected chi connectivity index (χ2v) is 3.90. The fraction of sp³-hybridized carbons (Fsp3) is 0.545. The van der Waals surface area contributed by atoms with Crippen LogP contribution in [0.4, 0.5) is 4.39 Å². The number of nitrogens with one attached hydrogen (secondary N) is 1. The maximum atomic E-state index is 12.9. The van der Waals surface area contributed by atoms with Gasteiger partial charge in [0.05, 0.1) is 12.8 Å². The first-order valence-corrected chi connectivity index (χ1v) is 5.21. The minimum absolute atomic E-state index is 0.320. The Morgan fingerprint density at radius 1 is 1.60 bits per heavy atom. The molecule has 15 heavy (non-hydrogen) atoms. The molecule has 1 aromatic rings. The second-order valence-electron chi connectivity index (χ2n) is 3.90. The lowest BCUT2D eigenvalue weighted by molar-refractivity contribution is 0.284. The Morgan fingerprint density at radius 2 is 2.40 bits per heavy atom. The van der Waals surface area contributed by atoms with Crippen molar-refractivity contribution in [1.29, 1.82) is 0 Å². The molecule has 4 heteroatoms. The van der Waals surface area contributed by atoms with Gasteiger partial charge in [0.25, 0.3) is 0 Å². The molecule has 0 unspecified atom stereocenters. The van der Waals surface area contributed by atoms with Gasteiger partial charge in [0, 0.05) is 12.1 Å². The van der Waals surface area contributed by atoms with Crippen LogP contribution in [0.3, 0.4) is 0 Å². The van der Waals surface area contributed by atoms with Crippen LogP contribution in [0.1, 0.15) is 18.4 Å². The summed E-state index contributed by atoms with van der Waals surface area (Å²) < 4.78 is 18.5. The Morgan fingerprint density at radius 3 is 3.07 bits per heavy atom. The number of halogens is 1. The number of hydrogen-bond donors (Lipinski definition) is 1. The highest BCUT2D eigenvalue weighted by atomic mass is 19.1. The monoisotopic (exact) mass is 210 g/mol. The lowest BCUT2D eigenvalue weighted by Crippen LogP contribution is -2.10. The normalized spacial score (nSPS) is 15.3. The Kier molecular flexibility index (Phi) is 3.16. The molecule has 1 aromatic heterocycles. The van der Waals surface area contributed by atoms with E-state index in [-0.39, 0.29) is 5.82 Å². The van der Waals surface area contributed by atoms with Crippen molar-refractivity contribution < 1.29 is 9.13 Å². The van der Waals surface area contributed by atoms with E-state index in [9.17, 15) is 4.39 Å². The van der Waals surface area contributed by atoms with E-state index in [1.165, 1.54) is 25.1 Å². The molecular weight excluding hydrogens is 195 g/mol. The van der Waals surface area contributed by atoms with Crippen LogP contribution in [0.5, 0.6) is 5.88 Å². The first-order valence-electron chi connectivity index (χ1n) is 5.21. The minimum atomic E-state index is -0.320. The number of rotatable bonds is 5. The average molecular weight is 210 g/mol. The highest BCUT2D eigenvalue weighted by molar-refractivity contribution is 5.26. The molecule has 0 atom stereocenters. The molecule has 0 spiro atoms. The molecule has 1 heterocycles. The Bertz CT molecular complexity index is 339. The van der Waals surface area contributed by atoms with Gasteiger partial charge < -0.3 is 10.1 Å². The predicted octanol–water partition coefficient (Wildman–Crippen LogP) is 1.73. The first-order chi connectivity index (χ1) is 7.29. The maximum absolute atomic E-state index is 12.9. The van der Waals surface area contributed by atoms with Crippen LogP contribution in [-0.2, 0) is 6.54 Å². The number of pyridine rings is 1. The zero-order valence-corrected chi connectivity index (χ0v) is 8.79. The molecule has 0 bridgehead atoms. The fourth-order valence-electron chi connectivity index (χ4n) is 1.40. The van der Waals surface area contributed by atoms with Crippen molar-refractivity contribution >= 4 is 0 Å². The van der Waals surface area contributed by atoms with Gasteiger partial charge in [0.15, 0.2) is 0 Å². The minimum Gasteiger partial charge on any atom is -0.477 e. The van der Waals surface area contributed by atoms with Gasteiger partial charge in [-0.3, -0.25) is 0 Å². The molecule has 1 aliphatic rings. The van der Waals surface area contributed by atoms with E-state index >= 15 is 0 Å². The topological polar surface area (TPSA) is 34.2 Å². The molecule has 2 rings (SSSR count). The van der Waals surface area contributed by atoms with Gasteiger partial charge >= 0.3 is 0 Å². The lowest BCUT2D eigenvalue weighted by atomic mass is 10.2. The zero-order valence-electron chi connectivity index (χ0n) is 8.79. The summed E-state index contributed by atoms with van der Waals surface area (Å²) in [6.07, 6.45) is 3.67. The summed E-state index contributed by atoms with van der Waals surface area (Å²) in [4.78, 5) is 3.96. The molecule has 1 fully saturated rings. The van der Waals surface area contributed by atoms with Gasteiger partial charge in [-0.15, -0.1) is 0 Å². The quantitative estimate of drug-likeness (QED) is 0.803. The van der Waals surface area contributed by atoms with Crippen molar-refractivity contribution in [3.8, 4) is 5.88 Å². The van der Waals surface area contributed by atoms with Crippen LogP contribution in [0, 0.1) is 11.7 Å². The third-order valence-corrected chi connectivity index (χ3v) is 2.41. The molecule has 0 aromatic carbocycles. The van der Waals surface area contributed by atoms with Crippen molar-refractivity contribution in [3.05, 3.63) is 23.6 Å². The molecule has 3 nitrogen and oxygen atoms in total. The SMILES string of the molecule is CNCc1cc(F)cnc1OCC1CC1. The van der Waals surface area contributed by atoms with Crippen LogP contribution in [0.15, 0.2) is 12.3 Å². The fourth-order valence-corrected chi connectivity index (χ4v) is 1.40. The van der Waals surface area contributed by atoms with E-state index in [2.05, 4.69) is 10.3 Å². The van der Waals surface area contributed by atoms with Gasteiger partial charge in [0.1, 0.15) is 5.82 Å². The van der Waals surface area contributed by atoms with Gasteiger partial charge in [-0.2, -0.15) is 0 Å². The van der Waals surface area contributed by atoms with Crippen molar-refractivity contribution in [2.45, 2.75) is 19.4 Å². The molecule has 1 saturated carbocycles. The molecule has 0 aliphatic heterocycles. The molecule has 1 N–H and O–H groups in total. The summed E-state index contributed by atoms with van der Waals surface area (Å²) in [6.45, 7) is 1.28. The Labute approximate surface area is 88.7 Å². The van der Waals surface area contributed by atoms with Crippen LogP contribution < -0.4 is 10.1 Å². The van der Waals surface area contributed by atoms with Gasteiger partial charge in [-0.05, 0) is 31.9 Å². The zero-order chi connectivity index (χ0) is 10.7. The van der Waals surface area contributed by atoms with Crippen LogP contribution in [0.25, 0.3) is 0 Å². The van der Waals surface area contributed by atoms with Crippen molar-refractivity contribution in [2.24, 2.45) is 5.92 Å². The van der Waals surface area contributed by atoms with Crippen LogP contribution in [-0.4, -0.2) is 18.6 Å². The number of hydrogen-bond acceptors (Lipinski definition) is 3. The van der Waals surface area contributed by atoms with Crippen molar-refractivity contribution in [3.63, 3.8) is 0 Å². The maximum Gasteiger partial charge on any atom is 0.218 e. The summed E-state index contributed by atoms with van der Waals surface area (Å²) in [5.74, 6) is 0.913. The number of nitrogens with zero attached hydrogens (tertiary/aromatic N) is 1. The van der Waals surface area contributed by atoms with Crippen LogP contribution in [0.2, 0.25) is 0 Å². The third-order valence-electron chi connectivity index (χ3n) is 2.41. The third kappa shape index (κ3) is 2.89. The van der Waals surface area contributed by atoms with E-state index in [4.69, 9.17) is 4.74 Å². The van der Waals surface area contributed by atoms with E-state index in [1.54, 1.807) is 0 Å². The van der Waals surface area contributed by atoms with E-state index in [0.29, 0.717) is 24.9 Å². The molecule has 1 aliphatic carbocycles. The Balaban J connectivity index is 2.04. The largest absolute Gasteiger partial charge is 0.477 e. The molecule has 82 valence electrons. The van der Waals surface area contributed by atoms with Crippen molar-refractivity contribution in [2.75, 3.05) is 13.7 Å². The van der Waals surface area contributed by atoms with Crippen molar-refractivity contribution in [1.82, 2.24) is 10.3 Å². The molecule has 0 radical (unpaired) electrons. The summed E-state index contributed by atoms with van der Waals surface area (Å²) in [7, 11) is 1.82. The smallest absolute Gasteiger partial charge is 0.218 e. The second kappa shape index (κ2) is 4.57. The first kappa shape index (κ1) is 10.4. The van der Waals surface area contributed by atoms with Gasteiger partial charge in [-0.1, -0.05) is 0 Å². The van der Waals surface area contributed by atoms with E-state index in [0.717, 1.165) is 5.56 Å². The molecular formula is C11H15FN2O. The van der Waals surface area contributed by atoms with Gasteiger partial charge in [0.2, 0.25) is 5.88 Å². The number of aromatic nitrogens is 1. The summed E-state index contributed by atoms with van der Waals surface area (Å²) in [5.41, 5.74) is 0.776. The Hall–Kier alpha value is -1.16. The highest BCUT2D eigenvalue weighted by Gasteiger charge is 2.22. The van der Waals surface area contributed by atoms with E-state index in [1.807, 2.05) is 7.05 Å².